The number of ether oxygens (including phenoxy) is 3. The summed E-state index contributed by atoms with van der Waals surface area (Å²) in [6.45, 7) is 6.65. The van der Waals surface area contributed by atoms with Gasteiger partial charge in [-0.05, 0) is 96.3 Å². The van der Waals surface area contributed by atoms with Crippen LogP contribution in [0, 0.1) is 0 Å². The summed E-state index contributed by atoms with van der Waals surface area (Å²) < 4.78 is 17.0. The number of allylic oxidation sites excluding steroid dienone is 12. The average Bonchev–Trinajstić information content (AvgIpc) is 3.47. The second-order valence-corrected chi connectivity index (χ2v) is 23.8. The fourth-order valence-electron chi connectivity index (χ4n) is 10.3. The van der Waals surface area contributed by atoms with Gasteiger partial charge in [-0.2, -0.15) is 0 Å². The van der Waals surface area contributed by atoms with Gasteiger partial charge in [0.1, 0.15) is 13.2 Å². The van der Waals surface area contributed by atoms with E-state index in [0.29, 0.717) is 19.3 Å². The van der Waals surface area contributed by atoms with E-state index in [1.165, 1.54) is 238 Å². The molecule has 0 fully saturated rings. The largest absolute Gasteiger partial charge is 0.462 e. The van der Waals surface area contributed by atoms with E-state index < -0.39 is 6.10 Å². The molecule has 6 heteroatoms. The molecule has 0 aliphatic rings. The SMILES string of the molecule is CCCCCCC/C=C\C/C=C\C/C=C\CCCCCCCCCCCCCCCCC(=O)OCC(COC(=O)CCCCCCCCCCCCC)OC(=O)CCCCCCCCCC/C=C\C/C=C\C/C=C\CCCCCCC. The van der Waals surface area contributed by atoms with Crippen LogP contribution in [0.2, 0.25) is 0 Å². The van der Waals surface area contributed by atoms with Gasteiger partial charge in [0, 0.05) is 19.3 Å². The van der Waals surface area contributed by atoms with Gasteiger partial charge < -0.3 is 14.2 Å². The van der Waals surface area contributed by atoms with Crippen LogP contribution in [0.3, 0.4) is 0 Å². The van der Waals surface area contributed by atoms with Crippen molar-refractivity contribution in [2.24, 2.45) is 0 Å². The Hall–Kier alpha value is -3.15. The first-order chi connectivity index (χ1) is 40.0. The molecule has 0 N–H and O–H groups in total. The van der Waals surface area contributed by atoms with Gasteiger partial charge >= 0.3 is 17.9 Å². The summed E-state index contributed by atoms with van der Waals surface area (Å²) in [7, 11) is 0. The lowest BCUT2D eigenvalue weighted by Gasteiger charge is -2.18. The number of hydrogen-bond acceptors (Lipinski definition) is 6. The Kier molecular flexibility index (Phi) is 66.6. The van der Waals surface area contributed by atoms with E-state index in [9.17, 15) is 14.4 Å². The number of hydrogen-bond donors (Lipinski definition) is 0. The van der Waals surface area contributed by atoms with Crippen molar-refractivity contribution in [3.8, 4) is 0 Å². The summed E-state index contributed by atoms with van der Waals surface area (Å²) in [4.78, 5) is 38.4. The molecular formula is C75H134O6. The van der Waals surface area contributed by atoms with Crippen LogP contribution < -0.4 is 0 Å². The van der Waals surface area contributed by atoms with Gasteiger partial charge in [0.2, 0.25) is 0 Å². The Morgan fingerprint density at radius 1 is 0.247 bits per heavy atom. The lowest BCUT2D eigenvalue weighted by Crippen LogP contribution is -2.30. The van der Waals surface area contributed by atoms with Crippen molar-refractivity contribution in [2.75, 3.05) is 13.2 Å². The topological polar surface area (TPSA) is 78.9 Å². The van der Waals surface area contributed by atoms with Crippen molar-refractivity contribution in [3.63, 3.8) is 0 Å². The van der Waals surface area contributed by atoms with Crippen LogP contribution in [0.25, 0.3) is 0 Å². The van der Waals surface area contributed by atoms with Gasteiger partial charge in [0.15, 0.2) is 6.10 Å². The van der Waals surface area contributed by atoms with Crippen LogP contribution in [-0.2, 0) is 28.6 Å². The molecule has 0 aliphatic carbocycles. The molecule has 0 spiro atoms. The van der Waals surface area contributed by atoms with E-state index in [1.807, 2.05) is 0 Å². The zero-order valence-corrected chi connectivity index (χ0v) is 54.1. The molecule has 0 saturated heterocycles. The summed E-state index contributed by atoms with van der Waals surface area (Å²) in [6.07, 6.45) is 90.7. The van der Waals surface area contributed by atoms with E-state index in [4.69, 9.17) is 14.2 Å². The molecule has 0 bridgehead atoms. The third-order valence-corrected chi connectivity index (χ3v) is 15.7. The molecular weight excluding hydrogens is 997 g/mol. The zero-order chi connectivity index (χ0) is 58.5. The molecule has 0 heterocycles. The van der Waals surface area contributed by atoms with Crippen LogP contribution in [0.5, 0.6) is 0 Å². The number of esters is 3. The van der Waals surface area contributed by atoms with E-state index >= 15 is 0 Å². The molecule has 1 atom stereocenters. The predicted molar refractivity (Wildman–Crippen MR) is 353 cm³/mol. The first kappa shape index (κ1) is 77.9. The third kappa shape index (κ3) is 67.5. The Bertz CT molecular complexity index is 1490. The normalized spacial score (nSPS) is 12.5. The minimum Gasteiger partial charge on any atom is -0.462 e. The molecule has 0 amide bonds. The number of carbonyl (C=O) groups is 3. The van der Waals surface area contributed by atoms with Crippen molar-refractivity contribution >= 4 is 17.9 Å². The Labute approximate surface area is 503 Å². The fraction of sp³-hybridized carbons (Fsp3) is 0.800. The second kappa shape index (κ2) is 69.3. The fourth-order valence-corrected chi connectivity index (χ4v) is 10.3. The third-order valence-electron chi connectivity index (χ3n) is 15.7. The minimum absolute atomic E-state index is 0.0746. The highest BCUT2D eigenvalue weighted by atomic mass is 16.6. The minimum atomic E-state index is -0.779. The van der Waals surface area contributed by atoms with Gasteiger partial charge in [-0.25, -0.2) is 0 Å². The molecule has 0 rings (SSSR count). The van der Waals surface area contributed by atoms with Crippen LogP contribution in [0.15, 0.2) is 72.9 Å². The number of unbranched alkanes of at least 4 members (excludes halogenated alkanes) is 42. The summed E-state index contributed by atoms with van der Waals surface area (Å²) in [6, 6.07) is 0. The summed E-state index contributed by atoms with van der Waals surface area (Å²) in [5.74, 6) is -0.864. The molecule has 0 radical (unpaired) electrons. The molecule has 0 aromatic carbocycles. The maximum absolute atomic E-state index is 12.9. The van der Waals surface area contributed by atoms with Gasteiger partial charge in [-0.3, -0.25) is 14.4 Å². The van der Waals surface area contributed by atoms with Crippen LogP contribution in [0.1, 0.15) is 367 Å². The quantitative estimate of drug-likeness (QED) is 0.0261. The van der Waals surface area contributed by atoms with Crippen molar-refractivity contribution in [2.45, 2.75) is 374 Å². The van der Waals surface area contributed by atoms with Crippen molar-refractivity contribution in [1.29, 1.82) is 0 Å². The molecule has 0 aromatic rings. The second-order valence-electron chi connectivity index (χ2n) is 23.8. The Balaban J connectivity index is 4.22. The van der Waals surface area contributed by atoms with Crippen LogP contribution >= 0.6 is 0 Å². The van der Waals surface area contributed by atoms with E-state index in [-0.39, 0.29) is 31.1 Å². The Morgan fingerprint density at radius 2 is 0.444 bits per heavy atom. The predicted octanol–water partition coefficient (Wildman–Crippen LogP) is 24.4. The standard InChI is InChI=1S/C75H134O6/c1-4-7-10-13-16-19-22-24-26-28-30-32-34-35-36-37-38-39-41-42-44-46-48-50-53-56-59-62-65-68-74(77)80-71-72(70-79-73(76)67-64-61-58-55-52-21-18-15-12-9-6-3)81-75(78)69-66-63-60-57-54-51-49-47-45-43-40-33-31-29-27-25-23-20-17-14-11-8-5-2/h22-25,28-31,34-35,40,43,72H,4-21,26-27,32-33,36-39,41-42,44-71H2,1-3H3/b24-22-,25-23-,30-28-,31-29-,35-34-,43-40-. The maximum atomic E-state index is 12.9. The maximum Gasteiger partial charge on any atom is 0.306 e. The van der Waals surface area contributed by atoms with Crippen molar-refractivity contribution < 1.29 is 28.6 Å². The van der Waals surface area contributed by atoms with Gasteiger partial charge in [-0.15, -0.1) is 0 Å². The highest BCUT2D eigenvalue weighted by Gasteiger charge is 2.19. The monoisotopic (exact) mass is 1130 g/mol. The molecule has 81 heavy (non-hydrogen) atoms. The molecule has 1 unspecified atom stereocenters. The first-order valence-corrected chi connectivity index (χ1v) is 35.4. The van der Waals surface area contributed by atoms with Crippen molar-refractivity contribution in [1.82, 2.24) is 0 Å². The molecule has 470 valence electrons. The smallest absolute Gasteiger partial charge is 0.306 e. The highest BCUT2D eigenvalue weighted by molar-refractivity contribution is 5.71. The first-order valence-electron chi connectivity index (χ1n) is 35.4. The Morgan fingerprint density at radius 3 is 0.691 bits per heavy atom. The molecule has 0 saturated carbocycles. The number of carbonyl (C=O) groups excluding carboxylic acids is 3. The van der Waals surface area contributed by atoms with E-state index in [0.717, 1.165) is 89.9 Å². The van der Waals surface area contributed by atoms with Gasteiger partial charge in [0.25, 0.3) is 0 Å². The van der Waals surface area contributed by atoms with Crippen LogP contribution in [-0.4, -0.2) is 37.2 Å². The lowest BCUT2D eigenvalue weighted by molar-refractivity contribution is -0.167. The molecule has 0 aliphatic heterocycles. The number of rotatable bonds is 65. The van der Waals surface area contributed by atoms with Crippen molar-refractivity contribution in [3.05, 3.63) is 72.9 Å². The van der Waals surface area contributed by atoms with E-state index in [1.54, 1.807) is 0 Å². The lowest BCUT2D eigenvalue weighted by atomic mass is 10.0. The molecule has 0 aromatic heterocycles. The van der Waals surface area contributed by atoms with E-state index in [2.05, 4.69) is 93.7 Å². The van der Waals surface area contributed by atoms with Crippen LogP contribution in [0.4, 0.5) is 0 Å². The zero-order valence-electron chi connectivity index (χ0n) is 54.1. The molecule has 6 nitrogen and oxygen atoms in total. The average molecular weight is 1130 g/mol. The highest BCUT2D eigenvalue weighted by Crippen LogP contribution is 2.17. The summed E-state index contributed by atoms with van der Waals surface area (Å²) >= 11 is 0. The summed E-state index contributed by atoms with van der Waals surface area (Å²) in [5.41, 5.74) is 0. The van der Waals surface area contributed by atoms with Gasteiger partial charge in [-0.1, -0.05) is 325 Å². The van der Waals surface area contributed by atoms with Gasteiger partial charge in [0.05, 0.1) is 0 Å². The summed E-state index contributed by atoms with van der Waals surface area (Å²) in [5, 5.41) is 0.